The van der Waals surface area contributed by atoms with Crippen molar-refractivity contribution >= 4 is 35.0 Å². The van der Waals surface area contributed by atoms with Crippen molar-refractivity contribution in [1.82, 2.24) is 9.88 Å². The second kappa shape index (κ2) is 8.20. The zero-order valence-corrected chi connectivity index (χ0v) is 16.7. The first-order valence-electron chi connectivity index (χ1n) is 8.74. The first-order valence-corrected chi connectivity index (χ1v) is 10.7. The van der Waals surface area contributed by atoms with Crippen molar-refractivity contribution in [2.45, 2.75) is 24.9 Å². The quantitative estimate of drug-likeness (QED) is 0.585. The molecule has 144 valence electrons. The number of thioether (sulfide) groups is 1. The molecule has 28 heavy (non-hydrogen) atoms. The van der Waals surface area contributed by atoms with Gasteiger partial charge in [-0.05, 0) is 12.1 Å². The van der Waals surface area contributed by atoms with Gasteiger partial charge in [0.15, 0.2) is 0 Å². The fraction of sp³-hybridized carbons (Fsp3) is 0.250. The molecule has 0 N–H and O–H groups in total. The Bertz CT molecular complexity index is 956. The highest BCUT2D eigenvalue weighted by molar-refractivity contribution is 7.99. The van der Waals surface area contributed by atoms with Crippen LogP contribution in [0.3, 0.4) is 0 Å². The molecule has 1 aliphatic rings. The number of hydrogen-bond acceptors (Lipinski definition) is 7. The third kappa shape index (κ3) is 3.83. The summed E-state index contributed by atoms with van der Waals surface area (Å²) in [7, 11) is 0. The van der Waals surface area contributed by atoms with Gasteiger partial charge in [0.25, 0.3) is 0 Å². The van der Waals surface area contributed by atoms with Crippen molar-refractivity contribution < 1.29 is 18.7 Å². The SMILES string of the molecule is CC(=O)N1[C@@H](c2ccco2)SC[C@H]1C(=O)OCc1csc(-c2ccccc2)n1. The van der Waals surface area contributed by atoms with E-state index in [-0.39, 0.29) is 17.9 Å². The van der Waals surface area contributed by atoms with Gasteiger partial charge >= 0.3 is 5.97 Å². The van der Waals surface area contributed by atoms with E-state index in [2.05, 4.69) is 4.98 Å². The van der Waals surface area contributed by atoms with Crippen molar-refractivity contribution in [3.63, 3.8) is 0 Å². The summed E-state index contributed by atoms with van der Waals surface area (Å²) in [6.07, 6.45) is 1.56. The molecular formula is C20H18N2O4S2. The number of rotatable bonds is 5. The number of benzene rings is 1. The molecule has 1 aromatic carbocycles. The Labute approximate surface area is 170 Å². The van der Waals surface area contributed by atoms with Gasteiger partial charge in [-0.2, -0.15) is 0 Å². The van der Waals surface area contributed by atoms with E-state index < -0.39 is 12.0 Å². The monoisotopic (exact) mass is 414 g/mol. The molecule has 0 radical (unpaired) electrons. The van der Waals surface area contributed by atoms with Gasteiger partial charge in [0.2, 0.25) is 5.91 Å². The summed E-state index contributed by atoms with van der Waals surface area (Å²) >= 11 is 3.00. The Morgan fingerprint density at radius 3 is 2.79 bits per heavy atom. The largest absolute Gasteiger partial charge is 0.466 e. The number of nitrogens with zero attached hydrogens (tertiary/aromatic N) is 2. The van der Waals surface area contributed by atoms with Crippen LogP contribution in [0.5, 0.6) is 0 Å². The summed E-state index contributed by atoms with van der Waals surface area (Å²) in [5.41, 5.74) is 1.72. The molecule has 0 bridgehead atoms. The molecule has 3 heterocycles. The molecule has 8 heteroatoms. The van der Waals surface area contributed by atoms with Gasteiger partial charge in [-0.15, -0.1) is 23.1 Å². The number of hydrogen-bond donors (Lipinski definition) is 0. The molecule has 0 spiro atoms. The fourth-order valence-electron chi connectivity index (χ4n) is 3.05. The van der Waals surface area contributed by atoms with Crippen LogP contribution in [-0.4, -0.2) is 33.6 Å². The molecule has 1 saturated heterocycles. The minimum Gasteiger partial charge on any atom is -0.466 e. The number of carbonyl (C=O) groups excluding carboxylic acids is 2. The molecule has 2 atom stereocenters. The van der Waals surface area contributed by atoms with E-state index in [1.807, 2.05) is 41.8 Å². The van der Waals surface area contributed by atoms with Crippen LogP contribution in [-0.2, 0) is 20.9 Å². The predicted octanol–water partition coefficient (Wildman–Crippen LogP) is 4.11. The molecule has 0 saturated carbocycles. The molecule has 3 aromatic rings. The van der Waals surface area contributed by atoms with E-state index in [0.29, 0.717) is 17.2 Å². The van der Waals surface area contributed by atoms with E-state index in [1.54, 1.807) is 12.3 Å². The molecular weight excluding hydrogens is 396 g/mol. The number of aromatic nitrogens is 1. The summed E-state index contributed by atoms with van der Waals surface area (Å²) in [5.74, 6) is 0.512. The number of furan rings is 1. The number of thiazole rings is 1. The van der Waals surface area contributed by atoms with Crippen molar-refractivity contribution in [1.29, 1.82) is 0 Å². The lowest BCUT2D eigenvalue weighted by Gasteiger charge is -2.25. The zero-order valence-electron chi connectivity index (χ0n) is 15.1. The third-order valence-corrected chi connectivity index (χ3v) is 6.58. The van der Waals surface area contributed by atoms with E-state index >= 15 is 0 Å². The van der Waals surface area contributed by atoms with Crippen LogP contribution in [0.25, 0.3) is 10.6 Å². The van der Waals surface area contributed by atoms with Crippen LogP contribution in [0.1, 0.15) is 23.8 Å². The minimum absolute atomic E-state index is 0.0838. The minimum atomic E-state index is -0.634. The van der Waals surface area contributed by atoms with Gasteiger partial charge < -0.3 is 14.1 Å². The van der Waals surface area contributed by atoms with Crippen LogP contribution in [0.4, 0.5) is 0 Å². The first kappa shape index (κ1) is 18.8. The predicted molar refractivity (Wildman–Crippen MR) is 108 cm³/mol. The Balaban J connectivity index is 1.41. The Kier molecular flexibility index (Phi) is 5.50. The number of amides is 1. The molecule has 1 aliphatic heterocycles. The lowest BCUT2D eigenvalue weighted by molar-refractivity contribution is -0.154. The zero-order chi connectivity index (χ0) is 19.5. The Morgan fingerprint density at radius 1 is 1.25 bits per heavy atom. The smallest absolute Gasteiger partial charge is 0.330 e. The number of ether oxygens (including phenoxy) is 1. The molecule has 4 rings (SSSR count). The highest BCUT2D eigenvalue weighted by atomic mass is 32.2. The molecule has 2 aromatic heterocycles. The highest BCUT2D eigenvalue weighted by Gasteiger charge is 2.43. The average Bonchev–Trinajstić information content (AvgIpc) is 3.46. The standard InChI is InChI=1S/C20H18N2O4S2/c1-13(23)22-16(12-28-19(22)17-8-5-9-25-17)20(24)26-10-15-11-27-18(21-15)14-6-3-2-4-7-14/h2-9,11,16,19H,10,12H2,1H3/t16-,19+/m0/s1. The van der Waals surface area contributed by atoms with E-state index in [4.69, 9.17) is 9.15 Å². The van der Waals surface area contributed by atoms with Gasteiger partial charge in [0, 0.05) is 23.6 Å². The lowest BCUT2D eigenvalue weighted by Crippen LogP contribution is -2.42. The Morgan fingerprint density at radius 2 is 2.07 bits per heavy atom. The van der Waals surface area contributed by atoms with Crippen molar-refractivity contribution in [2.24, 2.45) is 0 Å². The second-order valence-electron chi connectivity index (χ2n) is 6.26. The number of carbonyl (C=O) groups is 2. The van der Waals surface area contributed by atoms with Crippen molar-refractivity contribution in [3.05, 3.63) is 65.6 Å². The van der Waals surface area contributed by atoms with E-state index in [0.717, 1.165) is 10.6 Å². The fourth-order valence-corrected chi connectivity index (χ4v) is 5.28. The lowest BCUT2D eigenvalue weighted by atomic mass is 10.2. The summed E-state index contributed by atoms with van der Waals surface area (Å²) in [6, 6.07) is 12.8. The molecule has 1 fully saturated rings. The molecule has 0 aliphatic carbocycles. The van der Waals surface area contributed by atoms with Gasteiger partial charge in [-0.3, -0.25) is 4.79 Å². The molecule has 0 unspecified atom stereocenters. The first-order chi connectivity index (χ1) is 13.6. The van der Waals surface area contributed by atoms with Crippen LogP contribution in [0.2, 0.25) is 0 Å². The van der Waals surface area contributed by atoms with E-state index in [1.165, 1.54) is 34.9 Å². The summed E-state index contributed by atoms with van der Waals surface area (Å²) in [6.45, 7) is 1.54. The summed E-state index contributed by atoms with van der Waals surface area (Å²) in [4.78, 5) is 30.9. The van der Waals surface area contributed by atoms with Crippen LogP contribution in [0.15, 0.2) is 58.5 Å². The Hall–Kier alpha value is -2.58. The maximum Gasteiger partial charge on any atom is 0.330 e. The van der Waals surface area contributed by atoms with Crippen LogP contribution in [0, 0.1) is 0 Å². The normalized spacial score (nSPS) is 19.0. The van der Waals surface area contributed by atoms with Gasteiger partial charge in [-0.1, -0.05) is 30.3 Å². The van der Waals surface area contributed by atoms with E-state index in [9.17, 15) is 9.59 Å². The second-order valence-corrected chi connectivity index (χ2v) is 8.23. The topological polar surface area (TPSA) is 72.6 Å². The molecule has 1 amide bonds. The van der Waals surface area contributed by atoms with Gasteiger partial charge in [0.05, 0.1) is 12.0 Å². The maximum absolute atomic E-state index is 12.6. The summed E-state index contributed by atoms with van der Waals surface area (Å²) < 4.78 is 10.9. The van der Waals surface area contributed by atoms with Crippen molar-refractivity contribution in [3.8, 4) is 10.6 Å². The van der Waals surface area contributed by atoms with Crippen molar-refractivity contribution in [2.75, 3.05) is 5.75 Å². The van der Waals surface area contributed by atoms with Gasteiger partial charge in [-0.25, -0.2) is 9.78 Å². The van der Waals surface area contributed by atoms with Gasteiger partial charge in [0.1, 0.15) is 28.8 Å². The number of esters is 1. The average molecular weight is 415 g/mol. The summed E-state index contributed by atoms with van der Waals surface area (Å²) in [5, 5.41) is 2.45. The third-order valence-electron chi connectivity index (χ3n) is 4.36. The van der Waals surface area contributed by atoms with Crippen LogP contribution >= 0.6 is 23.1 Å². The maximum atomic E-state index is 12.6. The molecule has 6 nitrogen and oxygen atoms in total. The van der Waals surface area contributed by atoms with Crippen LogP contribution < -0.4 is 0 Å². The highest BCUT2D eigenvalue weighted by Crippen LogP contribution is 2.41.